The predicted molar refractivity (Wildman–Crippen MR) is 62.7 cm³/mol. The number of allylic oxidation sites excluding steroid dienone is 1. The van der Waals surface area contributed by atoms with Crippen LogP contribution in [-0.4, -0.2) is 19.8 Å². The standard InChI is InChI=1S/C11H24OSi/c1-5-11(8-6-7-9-12)10-13(2,3)4/h10,12H,5-9H2,1-4H3/b11-10+. The lowest BCUT2D eigenvalue weighted by molar-refractivity contribution is 0.284. The van der Waals surface area contributed by atoms with Gasteiger partial charge >= 0.3 is 0 Å². The van der Waals surface area contributed by atoms with E-state index in [2.05, 4.69) is 32.3 Å². The lowest BCUT2D eigenvalue weighted by Crippen LogP contribution is -2.16. The Morgan fingerprint density at radius 1 is 1.23 bits per heavy atom. The van der Waals surface area contributed by atoms with E-state index in [1.807, 2.05) is 0 Å². The van der Waals surface area contributed by atoms with Crippen LogP contribution in [0.25, 0.3) is 0 Å². The third-order valence-electron chi connectivity index (χ3n) is 2.00. The van der Waals surface area contributed by atoms with E-state index in [1.165, 1.54) is 12.8 Å². The summed E-state index contributed by atoms with van der Waals surface area (Å²) in [4.78, 5) is 0. The molecule has 0 aliphatic carbocycles. The SMILES string of the molecule is CC/C(=C\[Si](C)(C)C)CCCCO. The van der Waals surface area contributed by atoms with Crippen molar-refractivity contribution in [3.05, 3.63) is 11.3 Å². The number of aliphatic hydroxyl groups excluding tert-OH is 1. The molecule has 0 bridgehead atoms. The molecule has 0 rings (SSSR count). The highest BCUT2D eigenvalue weighted by Gasteiger charge is 2.09. The maximum Gasteiger partial charge on any atom is 0.0686 e. The molecule has 0 fully saturated rings. The van der Waals surface area contributed by atoms with Crippen molar-refractivity contribution in [1.82, 2.24) is 0 Å². The highest BCUT2D eigenvalue weighted by molar-refractivity contribution is 6.81. The highest BCUT2D eigenvalue weighted by Crippen LogP contribution is 2.15. The molecule has 0 aromatic heterocycles. The molecule has 1 N–H and O–H groups in total. The van der Waals surface area contributed by atoms with Crippen LogP contribution in [0.3, 0.4) is 0 Å². The molecular weight excluding hydrogens is 176 g/mol. The van der Waals surface area contributed by atoms with Crippen LogP contribution < -0.4 is 0 Å². The largest absolute Gasteiger partial charge is 0.396 e. The van der Waals surface area contributed by atoms with Gasteiger partial charge in [-0.15, -0.1) is 0 Å². The summed E-state index contributed by atoms with van der Waals surface area (Å²) in [7, 11) is -1.03. The Balaban J connectivity index is 3.95. The lowest BCUT2D eigenvalue weighted by atomic mass is 10.1. The van der Waals surface area contributed by atoms with Gasteiger partial charge < -0.3 is 5.11 Å². The Morgan fingerprint density at radius 2 is 1.85 bits per heavy atom. The van der Waals surface area contributed by atoms with Crippen molar-refractivity contribution in [2.45, 2.75) is 52.2 Å². The van der Waals surface area contributed by atoms with Gasteiger partial charge in [0.25, 0.3) is 0 Å². The average Bonchev–Trinajstić information content (AvgIpc) is 2.01. The molecule has 0 heterocycles. The van der Waals surface area contributed by atoms with E-state index in [-0.39, 0.29) is 0 Å². The lowest BCUT2D eigenvalue weighted by Gasteiger charge is -2.13. The Hall–Kier alpha value is -0.0831. The van der Waals surface area contributed by atoms with Crippen LogP contribution in [0.15, 0.2) is 11.3 Å². The zero-order valence-corrected chi connectivity index (χ0v) is 10.6. The van der Waals surface area contributed by atoms with Gasteiger partial charge in [0, 0.05) is 6.61 Å². The molecule has 13 heavy (non-hydrogen) atoms. The van der Waals surface area contributed by atoms with Crippen molar-refractivity contribution in [2.24, 2.45) is 0 Å². The van der Waals surface area contributed by atoms with E-state index in [0.717, 1.165) is 12.8 Å². The Labute approximate surface area is 83.9 Å². The summed E-state index contributed by atoms with van der Waals surface area (Å²) in [6, 6.07) is 0. The van der Waals surface area contributed by atoms with Crippen molar-refractivity contribution in [3.63, 3.8) is 0 Å². The molecule has 0 amide bonds. The molecule has 0 aromatic carbocycles. The van der Waals surface area contributed by atoms with Gasteiger partial charge in [-0.3, -0.25) is 0 Å². The Bertz CT molecular complexity index is 156. The molecule has 0 saturated heterocycles. The molecule has 0 spiro atoms. The summed E-state index contributed by atoms with van der Waals surface area (Å²) in [5.41, 5.74) is 4.09. The molecule has 0 radical (unpaired) electrons. The third-order valence-corrected chi connectivity index (χ3v) is 3.27. The smallest absolute Gasteiger partial charge is 0.0686 e. The van der Waals surface area contributed by atoms with E-state index < -0.39 is 8.07 Å². The second-order valence-corrected chi connectivity index (χ2v) is 9.72. The summed E-state index contributed by atoms with van der Waals surface area (Å²) >= 11 is 0. The zero-order valence-electron chi connectivity index (χ0n) is 9.56. The first kappa shape index (κ1) is 12.9. The monoisotopic (exact) mass is 200 g/mol. The fourth-order valence-corrected chi connectivity index (χ4v) is 3.00. The molecule has 0 aromatic rings. The van der Waals surface area contributed by atoms with E-state index in [4.69, 9.17) is 5.11 Å². The number of hydrogen-bond acceptors (Lipinski definition) is 1. The number of hydrogen-bond donors (Lipinski definition) is 1. The van der Waals surface area contributed by atoms with E-state index in [0.29, 0.717) is 6.61 Å². The van der Waals surface area contributed by atoms with Crippen LogP contribution in [0, 0.1) is 0 Å². The first-order chi connectivity index (χ1) is 5.99. The van der Waals surface area contributed by atoms with Crippen LogP contribution in [0.2, 0.25) is 19.6 Å². The molecule has 0 saturated carbocycles. The van der Waals surface area contributed by atoms with Gasteiger partial charge in [0.2, 0.25) is 0 Å². The van der Waals surface area contributed by atoms with Gasteiger partial charge in [-0.05, 0) is 25.7 Å². The van der Waals surface area contributed by atoms with Crippen LogP contribution in [0.1, 0.15) is 32.6 Å². The van der Waals surface area contributed by atoms with Crippen LogP contribution >= 0.6 is 0 Å². The number of aliphatic hydroxyl groups is 1. The molecule has 0 aliphatic heterocycles. The number of rotatable bonds is 6. The molecule has 0 unspecified atom stereocenters. The van der Waals surface area contributed by atoms with Gasteiger partial charge in [0.1, 0.15) is 0 Å². The maximum absolute atomic E-state index is 8.67. The Kier molecular flexibility index (Phi) is 6.34. The first-order valence-corrected chi connectivity index (χ1v) is 8.89. The van der Waals surface area contributed by atoms with Gasteiger partial charge in [0.05, 0.1) is 8.07 Å². The predicted octanol–water partition coefficient (Wildman–Crippen LogP) is 3.36. The van der Waals surface area contributed by atoms with Crippen molar-refractivity contribution >= 4 is 8.07 Å². The summed E-state index contributed by atoms with van der Waals surface area (Å²) in [5, 5.41) is 8.67. The second kappa shape index (κ2) is 6.38. The molecule has 2 heteroatoms. The third kappa shape index (κ3) is 8.25. The summed E-state index contributed by atoms with van der Waals surface area (Å²) in [6.45, 7) is 9.67. The fourth-order valence-electron chi connectivity index (χ4n) is 1.43. The maximum atomic E-state index is 8.67. The second-order valence-electron chi connectivity index (χ2n) is 4.70. The molecule has 0 aliphatic rings. The molecule has 0 atom stereocenters. The van der Waals surface area contributed by atoms with E-state index >= 15 is 0 Å². The van der Waals surface area contributed by atoms with Crippen LogP contribution in [-0.2, 0) is 0 Å². The van der Waals surface area contributed by atoms with Crippen molar-refractivity contribution in [1.29, 1.82) is 0 Å². The normalized spacial score (nSPS) is 13.5. The summed E-state index contributed by atoms with van der Waals surface area (Å²) in [5.74, 6) is 0. The van der Waals surface area contributed by atoms with E-state index in [1.54, 1.807) is 5.57 Å². The highest BCUT2D eigenvalue weighted by atomic mass is 28.3. The van der Waals surface area contributed by atoms with Gasteiger partial charge in [-0.1, -0.05) is 37.8 Å². The minimum absolute atomic E-state index is 0.337. The van der Waals surface area contributed by atoms with Gasteiger partial charge in [-0.25, -0.2) is 0 Å². The topological polar surface area (TPSA) is 20.2 Å². The quantitative estimate of drug-likeness (QED) is 0.515. The molecule has 1 nitrogen and oxygen atoms in total. The summed E-state index contributed by atoms with van der Waals surface area (Å²) in [6.07, 6.45) is 4.45. The van der Waals surface area contributed by atoms with Crippen LogP contribution in [0.4, 0.5) is 0 Å². The molecular formula is C11H24OSi. The van der Waals surface area contributed by atoms with Crippen LogP contribution in [0.5, 0.6) is 0 Å². The van der Waals surface area contributed by atoms with Gasteiger partial charge in [0.15, 0.2) is 0 Å². The van der Waals surface area contributed by atoms with Crippen molar-refractivity contribution in [2.75, 3.05) is 6.61 Å². The average molecular weight is 200 g/mol. The Morgan fingerprint density at radius 3 is 2.23 bits per heavy atom. The van der Waals surface area contributed by atoms with E-state index in [9.17, 15) is 0 Å². The first-order valence-electron chi connectivity index (χ1n) is 5.31. The summed E-state index contributed by atoms with van der Waals surface area (Å²) < 4.78 is 0. The number of unbranched alkanes of at least 4 members (excludes halogenated alkanes) is 1. The minimum atomic E-state index is -1.03. The zero-order chi connectivity index (χ0) is 10.3. The fraction of sp³-hybridized carbons (Fsp3) is 0.818. The van der Waals surface area contributed by atoms with Crippen molar-refractivity contribution in [3.8, 4) is 0 Å². The van der Waals surface area contributed by atoms with Gasteiger partial charge in [-0.2, -0.15) is 0 Å². The molecule has 78 valence electrons. The minimum Gasteiger partial charge on any atom is -0.396 e. The van der Waals surface area contributed by atoms with Crippen molar-refractivity contribution < 1.29 is 5.11 Å².